The molecular weight excluding hydrogens is 120 g/mol. The highest BCUT2D eigenvalue weighted by Crippen LogP contribution is 1.80. The summed E-state index contributed by atoms with van der Waals surface area (Å²) in [5.41, 5.74) is 17.8. The molecule has 0 aromatic heterocycles. The van der Waals surface area contributed by atoms with Crippen molar-refractivity contribution in [3.8, 4) is 0 Å². The Balaban J connectivity index is 3.53. The Hall–Kier alpha value is -1.46. The number of allylic oxidation sites excluding steroid dienone is 1. The van der Waals surface area contributed by atoms with E-state index >= 15 is 0 Å². The third-order valence-corrected chi connectivity index (χ3v) is 0.578. The van der Waals surface area contributed by atoms with Gasteiger partial charge in [-0.1, -0.05) is 10.4 Å². The highest BCUT2D eigenvalue weighted by molar-refractivity contribution is 4.90. The summed E-state index contributed by atoms with van der Waals surface area (Å²) < 4.78 is 0. The largest absolute Gasteiger partial charge is 0.266 e. The lowest BCUT2D eigenvalue weighted by Crippen LogP contribution is -2.03. The molecule has 0 heterocycles. The number of hydrogen-bond donors (Lipinski definition) is 4. The molecule has 0 saturated carbocycles. The van der Waals surface area contributed by atoms with E-state index in [0.29, 0.717) is 5.70 Å². The number of hydrogen-bond acceptors (Lipinski definition) is 4. The van der Waals surface area contributed by atoms with Crippen molar-refractivity contribution in [3.63, 3.8) is 0 Å². The van der Waals surface area contributed by atoms with Gasteiger partial charge in [0, 0.05) is 11.9 Å². The first kappa shape index (κ1) is 7.54. The predicted octanol–water partition coefficient (Wildman–Crippen LogP) is 0.919. The van der Waals surface area contributed by atoms with Crippen LogP contribution in [0.2, 0.25) is 0 Å². The molecule has 0 aromatic rings. The first-order chi connectivity index (χ1) is 4.31. The molecular formula is C3H8N6. The molecule has 4 N–H and O–H groups in total. The van der Waals surface area contributed by atoms with Gasteiger partial charge in [-0.3, -0.25) is 10.9 Å². The van der Waals surface area contributed by atoms with Crippen LogP contribution in [0.1, 0.15) is 6.92 Å². The molecule has 0 aliphatic heterocycles. The van der Waals surface area contributed by atoms with Crippen LogP contribution in [0.15, 0.2) is 22.3 Å². The zero-order valence-corrected chi connectivity index (χ0v) is 4.97. The molecule has 0 atom stereocenters. The lowest BCUT2D eigenvalue weighted by molar-refractivity contribution is 0.748. The first-order valence-corrected chi connectivity index (χ1v) is 2.22. The van der Waals surface area contributed by atoms with Gasteiger partial charge < -0.3 is 0 Å². The van der Waals surface area contributed by atoms with E-state index in [-0.39, 0.29) is 0 Å². The van der Waals surface area contributed by atoms with E-state index in [1.165, 1.54) is 6.20 Å². The Morgan fingerprint density at radius 2 is 2.11 bits per heavy atom. The SMILES string of the molecule is C/C(=C\NN=N)NN=N. The molecule has 0 rings (SSSR count). The second-order valence-electron chi connectivity index (χ2n) is 1.29. The van der Waals surface area contributed by atoms with Crippen molar-refractivity contribution in [2.45, 2.75) is 6.92 Å². The minimum Gasteiger partial charge on any atom is -0.266 e. The van der Waals surface area contributed by atoms with Gasteiger partial charge in [0.1, 0.15) is 0 Å². The maximum absolute atomic E-state index is 6.34. The zero-order valence-electron chi connectivity index (χ0n) is 4.97. The lowest BCUT2D eigenvalue weighted by atomic mass is 10.6. The van der Waals surface area contributed by atoms with Crippen LogP contribution in [0.5, 0.6) is 0 Å². The molecule has 9 heavy (non-hydrogen) atoms. The van der Waals surface area contributed by atoms with E-state index in [1.54, 1.807) is 6.92 Å². The molecule has 0 aromatic carbocycles. The van der Waals surface area contributed by atoms with E-state index in [4.69, 9.17) is 11.1 Å². The summed E-state index contributed by atoms with van der Waals surface area (Å²) in [6.45, 7) is 1.69. The Morgan fingerprint density at radius 3 is 2.56 bits per heavy atom. The van der Waals surface area contributed by atoms with Crippen molar-refractivity contribution < 1.29 is 0 Å². The minimum absolute atomic E-state index is 0.626. The van der Waals surface area contributed by atoms with Gasteiger partial charge in [0.05, 0.1) is 0 Å². The van der Waals surface area contributed by atoms with Gasteiger partial charge >= 0.3 is 0 Å². The van der Waals surface area contributed by atoms with Gasteiger partial charge in [0.15, 0.2) is 0 Å². The monoisotopic (exact) mass is 128 g/mol. The van der Waals surface area contributed by atoms with Gasteiger partial charge in [-0.2, -0.15) is 11.1 Å². The molecule has 0 radical (unpaired) electrons. The molecule has 0 unspecified atom stereocenters. The smallest absolute Gasteiger partial charge is 0.0498 e. The summed E-state index contributed by atoms with van der Waals surface area (Å²) in [7, 11) is 0. The fraction of sp³-hybridized carbons (Fsp3) is 0.333. The molecule has 0 spiro atoms. The molecule has 6 heteroatoms. The van der Waals surface area contributed by atoms with E-state index in [1.807, 2.05) is 0 Å². The van der Waals surface area contributed by atoms with Crippen molar-refractivity contribution in [3.05, 3.63) is 11.9 Å². The zero-order chi connectivity index (χ0) is 7.11. The fourth-order valence-corrected chi connectivity index (χ4v) is 0.250. The second-order valence-corrected chi connectivity index (χ2v) is 1.29. The van der Waals surface area contributed by atoms with E-state index in [0.717, 1.165) is 0 Å². The second kappa shape index (κ2) is 4.69. The van der Waals surface area contributed by atoms with Crippen molar-refractivity contribution in [2.75, 3.05) is 0 Å². The third-order valence-electron chi connectivity index (χ3n) is 0.578. The predicted molar refractivity (Wildman–Crippen MR) is 30.3 cm³/mol. The quantitative estimate of drug-likeness (QED) is 0.334. The molecule has 6 nitrogen and oxygen atoms in total. The van der Waals surface area contributed by atoms with Crippen LogP contribution < -0.4 is 10.9 Å². The van der Waals surface area contributed by atoms with E-state index < -0.39 is 0 Å². The van der Waals surface area contributed by atoms with Crippen molar-refractivity contribution >= 4 is 0 Å². The van der Waals surface area contributed by atoms with Crippen LogP contribution in [-0.2, 0) is 0 Å². The minimum atomic E-state index is 0.626. The molecule has 0 aliphatic carbocycles. The maximum Gasteiger partial charge on any atom is 0.0498 e. The van der Waals surface area contributed by atoms with Gasteiger partial charge in [-0.05, 0) is 6.92 Å². The molecule has 0 saturated heterocycles. The summed E-state index contributed by atoms with van der Waals surface area (Å²) in [4.78, 5) is 0. The van der Waals surface area contributed by atoms with Crippen LogP contribution in [0.4, 0.5) is 0 Å². The summed E-state index contributed by atoms with van der Waals surface area (Å²) in [5, 5.41) is 5.72. The van der Waals surface area contributed by atoms with Crippen LogP contribution in [0.3, 0.4) is 0 Å². The average molecular weight is 128 g/mol. The van der Waals surface area contributed by atoms with Gasteiger partial charge in [-0.25, -0.2) is 0 Å². The van der Waals surface area contributed by atoms with Crippen LogP contribution in [-0.4, -0.2) is 0 Å². The third kappa shape index (κ3) is 4.39. The van der Waals surface area contributed by atoms with Crippen LogP contribution >= 0.6 is 0 Å². The standard InChI is InChI=1S/C3H8N6/c1-3(7-9-5)2-6-8-4/h2H,1H3,(H2,4,6)(H2,5,7)/b3-2+. The maximum atomic E-state index is 6.34. The van der Waals surface area contributed by atoms with Crippen molar-refractivity contribution in [1.82, 2.24) is 10.9 Å². The molecule has 0 aliphatic rings. The van der Waals surface area contributed by atoms with Gasteiger partial charge in [-0.15, -0.1) is 0 Å². The Kier molecular flexibility index (Phi) is 3.93. The lowest BCUT2D eigenvalue weighted by Gasteiger charge is -1.93. The molecule has 0 fully saturated rings. The van der Waals surface area contributed by atoms with Crippen LogP contribution in [0, 0.1) is 11.1 Å². The summed E-state index contributed by atoms with van der Waals surface area (Å²) >= 11 is 0. The van der Waals surface area contributed by atoms with E-state index in [9.17, 15) is 0 Å². The first-order valence-electron chi connectivity index (χ1n) is 2.22. The van der Waals surface area contributed by atoms with Crippen molar-refractivity contribution in [2.24, 2.45) is 10.4 Å². The Labute approximate surface area is 52.3 Å². The van der Waals surface area contributed by atoms with Crippen LogP contribution in [0.25, 0.3) is 0 Å². The number of nitrogens with one attached hydrogen (secondary N) is 4. The normalized spacial score (nSPS) is 10.1. The molecule has 0 bridgehead atoms. The summed E-state index contributed by atoms with van der Waals surface area (Å²) in [6, 6.07) is 0. The van der Waals surface area contributed by atoms with Gasteiger partial charge in [0.25, 0.3) is 0 Å². The number of rotatable bonds is 4. The molecule has 0 amide bonds. The topological polar surface area (TPSA) is 96.5 Å². The summed E-state index contributed by atoms with van der Waals surface area (Å²) in [6.07, 6.45) is 1.42. The highest BCUT2D eigenvalue weighted by Gasteiger charge is 1.79. The Morgan fingerprint density at radius 1 is 1.44 bits per heavy atom. The van der Waals surface area contributed by atoms with Crippen molar-refractivity contribution in [1.29, 1.82) is 11.1 Å². The fourth-order valence-electron chi connectivity index (χ4n) is 0.250. The average Bonchev–Trinajstić information content (AvgIpc) is 1.85. The molecule has 50 valence electrons. The van der Waals surface area contributed by atoms with E-state index in [2.05, 4.69) is 21.3 Å². The Bertz CT molecular complexity index is 126. The highest BCUT2D eigenvalue weighted by atomic mass is 15.4. The van der Waals surface area contributed by atoms with Gasteiger partial charge in [0.2, 0.25) is 0 Å². The summed E-state index contributed by atoms with van der Waals surface area (Å²) in [5.74, 6) is 0. The number of nitrogens with zero attached hydrogens (tertiary/aromatic N) is 2.